The highest BCUT2D eigenvalue weighted by molar-refractivity contribution is 5.85. The lowest BCUT2D eigenvalue weighted by Gasteiger charge is -1.99. The molecule has 82 valence electrons. The summed E-state index contributed by atoms with van der Waals surface area (Å²) in [5.74, 6) is 0.845. The summed E-state index contributed by atoms with van der Waals surface area (Å²) in [5, 5.41) is 1.09. The molecule has 15 heavy (non-hydrogen) atoms. The maximum Gasteiger partial charge on any atom is 0.134 e. The third-order valence-corrected chi connectivity index (χ3v) is 2.27. The van der Waals surface area contributed by atoms with E-state index < -0.39 is 0 Å². The zero-order valence-corrected chi connectivity index (χ0v) is 9.34. The van der Waals surface area contributed by atoms with Crippen LogP contribution in [0.3, 0.4) is 0 Å². The van der Waals surface area contributed by atoms with Crippen molar-refractivity contribution in [2.45, 2.75) is 6.42 Å². The van der Waals surface area contributed by atoms with Crippen LogP contribution in [-0.4, -0.2) is 13.7 Å². The number of rotatable bonds is 3. The van der Waals surface area contributed by atoms with Gasteiger partial charge in [0.2, 0.25) is 0 Å². The summed E-state index contributed by atoms with van der Waals surface area (Å²) >= 11 is 0. The van der Waals surface area contributed by atoms with Crippen molar-refractivity contribution in [2.75, 3.05) is 13.7 Å². The van der Waals surface area contributed by atoms with Crippen LogP contribution in [0.2, 0.25) is 0 Å². The second-order valence-electron chi connectivity index (χ2n) is 3.16. The predicted molar refractivity (Wildman–Crippen MR) is 62.8 cm³/mol. The minimum atomic E-state index is 0. The fraction of sp³-hybridized carbons (Fsp3) is 0.273. The molecular formula is C11H14ClNO2. The number of furan rings is 1. The molecular weight excluding hydrogens is 214 g/mol. The summed E-state index contributed by atoms with van der Waals surface area (Å²) in [4.78, 5) is 0. The van der Waals surface area contributed by atoms with Gasteiger partial charge in [-0.25, -0.2) is 0 Å². The van der Waals surface area contributed by atoms with Gasteiger partial charge in [-0.2, -0.15) is 0 Å². The Morgan fingerprint density at radius 2 is 2.20 bits per heavy atom. The molecule has 0 aliphatic heterocycles. The lowest BCUT2D eigenvalue weighted by molar-refractivity contribution is 0.415. The van der Waals surface area contributed by atoms with Gasteiger partial charge in [0, 0.05) is 5.39 Å². The van der Waals surface area contributed by atoms with Crippen molar-refractivity contribution in [2.24, 2.45) is 5.73 Å². The lowest BCUT2D eigenvalue weighted by Crippen LogP contribution is -2.01. The van der Waals surface area contributed by atoms with E-state index in [-0.39, 0.29) is 12.4 Å². The summed E-state index contributed by atoms with van der Waals surface area (Å²) in [6, 6.07) is 5.77. The summed E-state index contributed by atoms with van der Waals surface area (Å²) in [5.41, 5.74) is 7.53. The van der Waals surface area contributed by atoms with E-state index in [0.717, 1.165) is 28.7 Å². The van der Waals surface area contributed by atoms with Crippen molar-refractivity contribution >= 4 is 23.4 Å². The Kier molecular flexibility index (Phi) is 4.00. The highest BCUT2D eigenvalue weighted by Crippen LogP contribution is 2.25. The number of halogens is 1. The highest BCUT2D eigenvalue weighted by Gasteiger charge is 2.05. The van der Waals surface area contributed by atoms with Gasteiger partial charge in [-0.15, -0.1) is 12.4 Å². The van der Waals surface area contributed by atoms with Crippen LogP contribution >= 0.6 is 12.4 Å². The molecule has 1 aromatic heterocycles. The molecule has 0 aliphatic carbocycles. The molecule has 0 radical (unpaired) electrons. The maximum atomic E-state index is 5.51. The second kappa shape index (κ2) is 5.05. The van der Waals surface area contributed by atoms with Gasteiger partial charge >= 0.3 is 0 Å². The van der Waals surface area contributed by atoms with Crippen molar-refractivity contribution < 1.29 is 9.15 Å². The zero-order valence-electron chi connectivity index (χ0n) is 8.53. The van der Waals surface area contributed by atoms with Crippen molar-refractivity contribution in [1.82, 2.24) is 0 Å². The summed E-state index contributed by atoms with van der Waals surface area (Å²) in [7, 11) is 1.66. The predicted octanol–water partition coefficient (Wildman–Crippen LogP) is 2.36. The van der Waals surface area contributed by atoms with Crippen LogP contribution in [0.15, 0.2) is 28.9 Å². The Morgan fingerprint density at radius 3 is 2.87 bits per heavy atom. The molecule has 0 fully saturated rings. The first-order chi connectivity index (χ1) is 6.85. The number of hydrogen-bond acceptors (Lipinski definition) is 3. The van der Waals surface area contributed by atoms with E-state index >= 15 is 0 Å². The van der Waals surface area contributed by atoms with Gasteiger partial charge in [-0.05, 0) is 36.7 Å². The zero-order chi connectivity index (χ0) is 9.97. The molecule has 4 heteroatoms. The molecule has 2 rings (SSSR count). The third-order valence-electron chi connectivity index (χ3n) is 2.27. The molecule has 1 aromatic carbocycles. The molecule has 0 spiro atoms. The number of benzene rings is 1. The number of methoxy groups -OCH3 is 1. The molecule has 0 saturated heterocycles. The number of hydrogen-bond donors (Lipinski definition) is 1. The first-order valence-corrected chi connectivity index (χ1v) is 4.59. The Bertz CT molecular complexity index is 439. The average Bonchev–Trinajstić information content (AvgIpc) is 2.61. The number of fused-ring (bicyclic) bond motifs is 1. The molecule has 2 aromatic rings. The maximum absolute atomic E-state index is 5.51. The summed E-state index contributed by atoms with van der Waals surface area (Å²) < 4.78 is 10.5. The van der Waals surface area contributed by atoms with E-state index in [1.165, 1.54) is 0 Å². The van der Waals surface area contributed by atoms with Gasteiger partial charge < -0.3 is 14.9 Å². The first-order valence-electron chi connectivity index (χ1n) is 4.59. The van der Waals surface area contributed by atoms with Crippen LogP contribution in [0.25, 0.3) is 11.0 Å². The van der Waals surface area contributed by atoms with E-state index in [2.05, 4.69) is 0 Å². The Hall–Kier alpha value is -1.19. The minimum absolute atomic E-state index is 0. The van der Waals surface area contributed by atoms with Crippen LogP contribution in [0, 0.1) is 0 Å². The molecule has 0 bridgehead atoms. The van der Waals surface area contributed by atoms with Gasteiger partial charge in [0.05, 0.1) is 13.4 Å². The Morgan fingerprint density at radius 1 is 1.40 bits per heavy atom. The van der Waals surface area contributed by atoms with Crippen LogP contribution in [0.1, 0.15) is 5.56 Å². The third kappa shape index (κ3) is 2.25. The van der Waals surface area contributed by atoms with Crippen LogP contribution in [-0.2, 0) is 6.42 Å². The first kappa shape index (κ1) is 11.9. The smallest absolute Gasteiger partial charge is 0.134 e. The molecule has 1 heterocycles. The lowest BCUT2D eigenvalue weighted by atomic mass is 10.1. The van der Waals surface area contributed by atoms with E-state index in [0.29, 0.717) is 6.54 Å². The van der Waals surface area contributed by atoms with Crippen molar-refractivity contribution in [3.05, 3.63) is 30.0 Å². The fourth-order valence-corrected chi connectivity index (χ4v) is 1.54. The van der Waals surface area contributed by atoms with Crippen molar-refractivity contribution in [3.63, 3.8) is 0 Å². The normalized spacial score (nSPS) is 10.0. The topological polar surface area (TPSA) is 48.4 Å². The van der Waals surface area contributed by atoms with Crippen molar-refractivity contribution in [1.29, 1.82) is 0 Å². The summed E-state index contributed by atoms with van der Waals surface area (Å²) in [6.07, 6.45) is 2.59. The van der Waals surface area contributed by atoms with Gasteiger partial charge in [0.1, 0.15) is 11.3 Å². The van der Waals surface area contributed by atoms with Crippen LogP contribution < -0.4 is 10.5 Å². The van der Waals surface area contributed by atoms with Crippen molar-refractivity contribution in [3.8, 4) is 5.75 Å². The molecule has 0 atom stereocenters. The number of ether oxygens (including phenoxy) is 1. The standard InChI is InChI=1S/C11H13NO2.ClH/c1-13-9-2-3-11-10(6-9)8(4-5-12)7-14-11;/h2-3,6-7H,4-5,12H2,1H3;1H. The van der Waals surface area contributed by atoms with Crippen LogP contribution in [0.5, 0.6) is 5.75 Å². The molecule has 0 amide bonds. The Balaban J connectivity index is 0.00000112. The molecule has 0 unspecified atom stereocenters. The summed E-state index contributed by atoms with van der Waals surface area (Å²) in [6.45, 7) is 0.631. The Labute approximate surface area is 94.6 Å². The second-order valence-corrected chi connectivity index (χ2v) is 3.16. The minimum Gasteiger partial charge on any atom is -0.497 e. The molecule has 0 aliphatic rings. The highest BCUT2D eigenvalue weighted by atomic mass is 35.5. The largest absolute Gasteiger partial charge is 0.497 e. The number of nitrogens with two attached hydrogens (primary N) is 1. The quantitative estimate of drug-likeness (QED) is 0.876. The average molecular weight is 228 g/mol. The van der Waals surface area contributed by atoms with Crippen LogP contribution in [0.4, 0.5) is 0 Å². The van der Waals surface area contributed by atoms with E-state index in [4.69, 9.17) is 14.9 Å². The molecule has 3 nitrogen and oxygen atoms in total. The monoisotopic (exact) mass is 227 g/mol. The molecule has 2 N–H and O–H groups in total. The van der Waals surface area contributed by atoms with Gasteiger partial charge in [-0.3, -0.25) is 0 Å². The SMILES string of the molecule is COc1ccc2occ(CCN)c2c1.Cl. The van der Waals surface area contributed by atoms with Gasteiger partial charge in [0.25, 0.3) is 0 Å². The van der Waals surface area contributed by atoms with Gasteiger partial charge in [0.15, 0.2) is 0 Å². The van der Waals surface area contributed by atoms with E-state index in [9.17, 15) is 0 Å². The van der Waals surface area contributed by atoms with E-state index in [1.54, 1.807) is 13.4 Å². The van der Waals surface area contributed by atoms with Gasteiger partial charge in [-0.1, -0.05) is 0 Å². The fourth-order valence-electron chi connectivity index (χ4n) is 1.54. The molecule has 0 saturated carbocycles. The van der Waals surface area contributed by atoms with E-state index in [1.807, 2.05) is 18.2 Å².